The third kappa shape index (κ3) is 2.14. The molecule has 0 amide bonds. The Morgan fingerprint density at radius 2 is 2.07 bits per heavy atom. The van der Waals surface area contributed by atoms with E-state index in [0.29, 0.717) is 0 Å². The summed E-state index contributed by atoms with van der Waals surface area (Å²) < 4.78 is 25.7. The van der Waals surface area contributed by atoms with Gasteiger partial charge in [-0.2, -0.15) is 0 Å². The highest BCUT2D eigenvalue weighted by Crippen LogP contribution is 2.15. The average Bonchev–Trinajstić information content (AvgIpc) is 2.13. The van der Waals surface area contributed by atoms with Crippen LogP contribution >= 0.6 is 0 Å². The molecule has 0 bridgehead atoms. The highest BCUT2D eigenvalue weighted by atomic mass is 19.2. The quantitative estimate of drug-likeness (QED) is 0.754. The van der Waals surface area contributed by atoms with Crippen molar-refractivity contribution in [1.82, 2.24) is 0 Å². The molecule has 0 saturated heterocycles. The van der Waals surface area contributed by atoms with E-state index in [1.807, 2.05) is 0 Å². The summed E-state index contributed by atoms with van der Waals surface area (Å²) in [5.74, 6) is -2.17. The van der Waals surface area contributed by atoms with Crippen molar-refractivity contribution >= 4 is 5.78 Å². The number of carbonyl (C=O) groups excluding carboxylic acids is 1. The van der Waals surface area contributed by atoms with Crippen molar-refractivity contribution in [3.63, 3.8) is 0 Å². The monoisotopic (exact) mass is 199 g/mol. The first-order chi connectivity index (χ1) is 6.56. The van der Waals surface area contributed by atoms with Gasteiger partial charge >= 0.3 is 0 Å². The third-order valence-corrected chi connectivity index (χ3v) is 1.90. The van der Waals surface area contributed by atoms with Crippen molar-refractivity contribution in [2.45, 2.75) is 13.3 Å². The Hall–Kier alpha value is -1.29. The zero-order valence-corrected chi connectivity index (χ0v) is 7.81. The van der Waals surface area contributed by atoms with E-state index in [4.69, 9.17) is 5.73 Å². The molecule has 0 aliphatic carbocycles. The van der Waals surface area contributed by atoms with E-state index >= 15 is 0 Å². The summed E-state index contributed by atoms with van der Waals surface area (Å²) in [4.78, 5) is 11.3. The third-order valence-electron chi connectivity index (χ3n) is 1.90. The Labute approximate surface area is 80.7 Å². The number of Topliss-reactive ketones (excluding diaryl/α,β-unsaturated/α-hetero) is 1. The molecule has 1 rings (SSSR count). The van der Waals surface area contributed by atoms with E-state index in [0.717, 1.165) is 6.07 Å². The number of aryl methyl sites for hydroxylation is 1. The van der Waals surface area contributed by atoms with E-state index in [2.05, 4.69) is 0 Å². The molecule has 0 fully saturated rings. The number of ketones is 1. The number of nitrogens with two attached hydrogens (primary N) is 1. The van der Waals surface area contributed by atoms with Crippen LogP contribution in [0.15, 0.2) is 12.1 Å². The van der Waals surface area contributed by atoms with Gasteiger partial charge in [0.15, 0.2) is 17.4 Å². The normalized spacial score (nSPS) is 10.3. The Morgan fingerprint density at radius 3 is 2.57 bits per heavy atom. The zero-order valence-electron chi connectivity index (χ0n) is 7.81. The number of carbonyl (C=O) groups is 1. The van der Waals surface area contributed by atoms with Gasteiger partial charge in [0.05, 0.1) is 0 Å². The topological polar surface area (TPSA) is 43.1 Å². The Kier molecular flexibility index (Phi) is 3.30. The van der Waals surface area contributed by atoms with Gasteiger partial charge in [0.2, 0.25) is 0 Å². The zero-order chi connectivity index (χ0) is 10.7. The predicted molar refractivity (Wildman–Crippen MR) is 49.1 cm³/mol. The summed E-state index contributed by atoms with van der Waals surface area (Å²) in [6, 6.07) is 2.23. The maximum atomic E-state index is 12.9. The first-order valence-electron chi connectivity index (χ1n) is 4.25. The Bertz CT molecular complexity index is 340. The van der Waals surface area contributed by atoms with Crippen molar-refractivity contribution in [2.24, 2.45) is 5.73 Å². The summed E-state index contributed by atoms with van der Waals surface area (Å²) in [5, 5.41) is 0. The van der Waals surface area contributed by atoms with Crippen molar-refractivity contribution in [3.8, 4) is 0 Å². The summed E-state index contributed by atoms with van der Waals surface area (Å²) in [6.45, 7) is 1.62. The Balaban J connectivity index is 3.06. The molecule has 0 aliphatic heterocycles. The SMILES string of the molecule is Cc1cc(C(=O)CCN)cc(F)c1F. The van der Waals surface area contributed by atoms with Gasteiger partial charge in [-0.1, -0.05) is 0 Å². The molecule has 0 aromatic heterocycles. The fraction of sp³-hybridized carbons (Fsp3) is 0.300. The van der Waals surface area contributed by atoms with Crippen LogP contribution in [0.3, 0.4) is 0 Å². The molecule has 2 N–H and O–H groups in total. The van der Waals surface area contributed by atoms with Crippen molar-refractivity contribution < 1.29 is 13.6 Å². The van der Waals surface area contributed by atoms with Gasteiger partial charge in [-0.25, -0.2) is 8.78 Å². The lowest BCUT2D eigenvalue weighted by molar-refractivity contribution is 0.0985. The second-order valence-electron chi connectivity index (χ2n) is 3.05. The van der Waals surface area contributed by atoms with Crippen LogP contribution in [0, 0.1) is 18.6 Å². The second-order valence-corrected chi connectivity index (χ2v) is 3.05. The molecule has 76 valence electrons. The second kappa shape index (κ2) is 4.28. The molecule has 0 aliphatic rings. The van der Waals surface area contributed by atoms with Gasteiger partial charge in [0.25, 0.3) is 0 Å². The molecule has 4 heteroatoms. The fourth-order valence-corrected chi connectivity index (χ4v) is 1.16. The van der Waals surface area contributed by atoms with Crippen LogP contribution in [0.5, 0.6) is 0 Å². The molecular formula is C10H11F2NO. The highest BCUT2D eigenvalue weighted by Gasteiger charge is 2.11. The van der Waals surface area contributed by atoms with Crippen molar-refractivity contribution in [1.29, 1.82) is 0 Å². The van der Waals surface area contributed by atoms with Crippen LogP contribution in [0.25, 0.3) is 0 Å². The lowest BCUT2D eigenvalue weighted by Gasteiger charge is -2.03. The first-order valence-corrected chi connectivity index (χ1v) is 4.25. The van der Waals surface area contributed by atoms with Gasteiger partial charge in [-0.05, 0) is 31.2 Å². The van der Waals surface area contributed by atoms with Gasteiger partial charge in [0, 0.05) is 12.0 Å². The van der Waals surface area contributed by atoms with E-state index in [-0.39, 0.29) is 29.9 Å². The molecule has 0 heterocycles. The minimum Gasteiger partial charge on any atom is -0.330 e. The number of hydrogen-bond acceptors (Lipinski definition) is 2. The molecule has 1 aromatic carbocycles. The standard InChI is InChI=1S/C10H11F2NO/c1-6-4-7(9(14)2-3-13)5-8(11)10(6)12/h4-5H,2-3,13H2,1H3. The first kappa shape index (κ1) is 10.8. The number of hydrogen-bond donors (Lipinski definition) is 1. The molecule has 0 spiro atoms. The largest absolute Gasteiger partial charge is 0.330 e. The van der Waals surface area contributed by atoms with E-state index in [1.165, 1.54) is 13.0 Å². The van der Waals surface area contributed by atoms with Gasteiger partial charge < -0.3 is 5.73 Å². The minimum atomic E-state index is -0.995. The number of rotatable bonds is 3. The van der Waals surface area contributed by atoms with Gasteiger partial charge in [-0.15, -0.1) is 0 Å². The predicted octanol–water partition coefficient (Wildman–Crippen LogP) is 1.80. The molecule has 1 aromatic rings. The molecule has 2 nitrogen and oxygen atoms in total. The van der Waals surface area contributed by atoms with E-state index < -0.39 is 11.6 Å². The number of halogens is 2. The number of benzene rings is 1. The van der Waals surface area contributed by atoms with Crippen LogP contribution in [0.1, 0.15) is 22.3 Å². The molecular weight excluding hydrogens is 188 g/mol. The maximum Gasteiger partial charge on any atom is 0.164 e. The van der Waals surface area contributed by atoms with Crippen LogP contribution in [-0.4, -0.2) is 12.3 Å². The Morgan fingerprint density at radius 1 is 1.43 bits per heavy atom. The summed E-state index contributed by atoms with van der Waals surface area (Å²) >= 11 is 0. The summed E-state index contributed by atoms with van der Waals surface area (Å²) in [5.41, 5.74) is 5.49. The molecule has 0 unspecified atom stereocenters. The molecule has 0 atom stereocenters. The average molecular weight is 199 g/mol. The molecule has 0 radical (unpaired) electrons. The van der Waals surface area contributed by atoms with Crippen LogP contribution in [-0.2, 0) is 0 Å². The van der Waals surface area contributed by atoms with Crippen LogP contribution < -0.4 is 5.73 Å². The van der Waals surface area contributed by atoms with Gasteiger partial charge in [-0.3, -0.25) is 4.79 Å². The molecule has 14 heavy (non-hydrogen) atoms. The van der Waals surface area contributed by atoms with Crippen molar-refractivity contribution in [2.75, 3.05) is 6.54 Å². The fourth-order valence-electron chi connectivity index (χ4n) is 1.16. The lowest BCUT2D eigenvalue weighted by atomic mass is 10.1. The van der Waals surface area contributed by atoms with E-state index in [1.54, 1.807) is 0 Å². The smallest absolute Gasteiger partial charge is 0.164 e. The minimum absolute atomic E-state index is 0.130. The maximum absolute atomic E-state index is 12.9. The van der Waals surface area contributed by atoms with Gasteiger partial charge in [0.1, 0.15) is 0 Å². The summed E-state index contributed by atoms with van der Waals surface area (Å²) in [7, 11) is 0. The summed E-state index contributed by atoms with van der Waals surface area (Å²) in [6.07, 6.45) is 0.143. The van der Waals surface area contributed by atoms with Crippen molar-refractivity contribution in [3.05, 3.63) is 34.9 Å². The lowest BCUT2D eigenvalue weighted by Crippen LogP contribution is -2.09. The van der Waals surface area contributed by atoms with E-state index in [9.17, 15) is 13.6 Å². The van der Waals surface area contributed by atoms with Crippen LogP contribution in [0.2, 0.25) is 0 Å². The highest BCUT2D eigenvalue weighted by molar-refractivity contribution is 5.96. The van der Waals surface area contributed by atoms with Crippen LogP contribution in [0.4, 0.5) is 8.78 Å². The molecule has 0 saturated carbocycles.